The van der Waals surface area contributed by atoms with Crippen LogP contribution in [0.3, 0.4) is 0 Å². The number of guanidine groups is 1. The lowest BCUT2D eigenvalue weighted by molar-refractivity contribution is 0.0827. The summed E-state index contributed by atoms with van der Waals surface area (Å²) in [5.74, 6) is 0.810. The lowest BCUT2D eigenvalue weighted by Gasteiger charge is -2.27. The third kappa shape index (κ3) is 6.61. The summed E-state index contributed by atoms with van der Waals surface area (Å²) < 4.78 is 0. The molecule has 0 atom stereocenters. The standard InChI is InChI=1S/C25H36N4O/c1-7-19-11-13-22(14-12-19)25(2,3)18-28-24(26-4)27-16-15-20-9-8-10-21(17-20)23(30)29(5)6/h8-14,17H,7,15-16,18H2,1-6H3,(H2,26,27,28). The number of carbonyl (C=O) groups excluding carboxylic acids is 1. The molecule has 2 aromatic carbocycles. The predicted molar refractivity (Wildman–Crippen MR) is 126 cm³/mol. The summed E-state index contributed by atoms with van der Waals surface area (Å²) in [5, 5.41) is 6.82. The Bertz CT molecular complexity index is 854. The predicted octanol–water partition coefficient (Wildman–Crippen LogP) is 3.64. The van der Waals surface area contributed by atoms with Crippen LogP contribution in [0.25, 0.3) is 0 Å². The van der Waals surface area contributed by atoms with Crippen molar-refractivity contribution in [2.75, 3.05) is 34.2 Å². The van der Waals surface area contributed by atoms with Gasteiger partial charge in [-0.25, -0.2) is 0 Å². The molecule has 1 amide bonds. The van der Waals surface area contributed by atoms with Gasteiger partial charge in [-0.3, -0.25) is 9.79 Å². The van der Waals surface area contributed by atoms with Crippen molar-refractivity contribution in [1.82, 2.24) is 15.5 Å². The van der Waals surface area contributed by atoms with Crippen molar-refractivity contribution in [3.05, 3.63) is 70.8 Å². The number of nitrogens with zero attached hydrogens (tertiary/aromatic N) is 2. The van der Waals surface area contributed by atoms with E-state index in [2.05, 4.69) is 60.7 Å². The van der Waals surface area contributed by atoms with E-state index in [1.807, 2.05) is 24.3 Å². The van der Waals surface area contributed by atoms with Crippen LogP contribution in [0, 0.1) is 0 Å². The minimum Gasteiger partial charge on any atom is -0.356 e. The summed E-state index contributed by atoms with van der Waals surface area (Å²) in [6.45, 7) is 8.17. The van der Waals surface area contributed by atoms with Gasteiger partial charge in [0.15, 0.2) is 5.96 Å². The zero-order chi connectivity index (χ0) is 22.1. The van der Waals surface area contributed by atoms with Gasteiger partial charge in [-0.1, -0.05) is 57.2 Å². The van der Waals surface area contributed by atoms with Gasteiger partial charge < -0.3 is 15.5 Å². The van der Waals surface area contributed by atoms with Crippen molar-refractivity contribution < 1.29 is 4.79 Å². The fourth-order valence-corrected chi connectivity index (χ4v) is 3.26. The van der Waals surface area contributed by atoms with Crippen LogP contribution >= 0.6 is 0 Å². The van der Waals surface area contributed by atoms with Crippen LogP contribution in [-0.4, -0.2) is 51.0 Å². The fourth-order valence-electron chi connectivity index (χ4n) is 3.26. The van der Waals surface area contributed by atoms with Gasteiger partial charge in [0.1, 0.15) is 0 Å². The highest BCUT2D eigenvalue weighted by atomic mass is 16.2. The molecule has 0 aliphatic carbocycles. The molecule has 0 spiro atoms. The molecule has 2 N–H and O–H groups in total. The van der Waals surface area contributed by atoms with E-state index in [1.54, 1.807) is 26.0 Å². The largest absolute Gasteiger partial charge is 0.356 e. The zero-order valence-corrected chi connectivity index (χ0v) is 19.2. The van der Waals surface area contributed by atoms with Crippen molar-refractivity contribution >= 4 is 11.9 Å². The van der Waals surface area contributed by atoms with Gasteiger partial charge in [0.25, 0.3) is 5.91 Å². The molecule has 0 bridgehead atoms. The molecule has 2 aromatic rings. The van der Waals surface area contributed by atoms with Gasteiger partial charge in [0.05, 0.1) is 0 Å². The van der Waals surface area contributed by atoms with Crippen molar-refractivity contribution in [3.8, 4) is 0 Å². The van der Waals surface area contributed by atoms with Gasteiger partial charge in [0.2, 0.25) is 0 Å². The maximum absolute atomic E-state index is 12.1. The maximum atomic E-state index is 12.1. The van der Waals surface area contributed by atoms with Crippen molar-refractivity contribution in [2.45, 2.75) is 39.0 Å². The molecule has 162 valence electrons. The number of nitrogens with one attached hydrogen (secondary N) is 2. The lowest BCUT2D eigenvalue weighted by Crippen LogP contribution is -2.44. The van der Waals surface area contributed by atoms with Crippen LogP contribution in [0.1, 0.15) is 47.8 Å². The highest BCUT2D eigenvalue weighted by molar-refractivity contribution is 5.94. The minimum atomic E-state index is -0.00916. The number of amides is 1. The summed E-state index contributed by atoms with van der Waals surface area (Å²) in [7, 11) is 5.33. The topological polar surface area (TPSA) is 56.7 Å². The van der Waals surface area contributed by atoms with E-state index in [9.17, 15) is 4.79 Å². The summed E-state index contributed by atoms with van der Waals surface area (Å²) in [5.41, 5.74) is 4.50. The number of aliphatic imine (C=N–C) groups is 1. The molecule has 0 radical (unpaired) electrons. The second-order valence-corrected chi connectivity index (χ2v) is 8.44. The second-order valence-electron chi connectivity index (χ2n) is 8.44. The molecule has 30 heavy (non-hydrogen) atoms. The molecule has 0 aromatic heterocycles. The van der Waals surface area contributed by atoms with E-state index in [0.29, 0.717) is 0 Å². The molecule has 5 nitrogen and oxygen atoms in total. The first-order valence-corrected chi connectivity index (χ1v) is 10.6. The Morgan fingerprint density at radius 2 is 1.73 bits per heavy atom. The minimum absolute atomic E-state index is 0.00916. The Kier molecular flexibility index (Phi) is 8.46. The first-order valence-electron chi connectivity index (χ1n) is 10.6. The molecule has 0 aliphatic rings. The molecule has 0 saturated carbocycles. The molecule has 0 fully saturated rings. The third-order valence-corrected chi connectivity index (χ3v) is 5.35. The maximum Gasteiger partial charge on any atom is 0.253 e. The highest BCUT2D eigenvalue weighted by Crippen LogP contribution is 2.22. The summed E-state index contributed by atoms with van der Waals surface area (Å²) in [6, 6.07) is 16.7. The van der Waals surface area contributed by atoms with E-state index < -0.39 is 0 Å². The number of aryl methyl sites for hydroxylation is 1. The first kappa shape index (κ1) is 23.5. The number of carbonyl (C=O) groups is 1. The summed E-state index contributed by atoms with van der Waals surface area (Å²) in [4.78, 5) is 18.1. The number of hydrogen-bond acceptors (Lipinski definition) is 2. The zero-order valence-electron chi connectivity index (χ0n) is 19.2. The third-order valence-electron chi connectivity index (χ3n) is 5.35. The van der Waals surface area contributed by atoms with Crippen LogP contribution in [-0.2, 0) is 18.3 Å². The van der Waals surface area contributed by atoms with Crippen LogP contribution < -0.4 is 10.6 Å². The Balaban J connectivity index is 1.87. The van der Waals surface area contributed by atoms with Crippen molar-refractivity contribution in [2.24, 2.45) is 4.99 Å². The lowest BCUT2D eigenvalue weighted by atomic mass is 9.84. The first-order chi connectivity index (χ1) is 14.3. The average molecular weight is 409 g/mol. The molecule has 0 unspecified atom stereocenters. The van der Waals surface area contributed by atoms with E-state index in [0.717, 1.165) is 43.0 Å². The molecular formula is C25H36N4O. The van der Waals surface area contributed by atoms with Gasteiger partial charge in [-0.15, -0.1) is 0 Å². The molecule has 2 rings (SSSR count). The van der Waals surface area contributed by atoms with Crippen molar-refractivity contribution in [1.29, 1.82) is 0 Å². The number of hydrogen-bond donors (Lipinski definition) is 2. The summed E-state index contributed by atoms with van der Waals surface area (Å²) >= 11 is 0. The molecule has 0 heterocycles. The van der Waals surface area contributed by atoms with Gasteiger partial charge in [-0.05, 0) is 41.7 Å². The van der Waals surface area contributed by atoms with Gasteiger partial charge >= 0.3 is 0 Å². The monoisotopic (exact) mass is 408 g/mol. The van der Waals surface area contributed by atoms with Crippen LogP contribution in [0.5, 0.6) is 0 Å². The number of benzene rings is 2. The van der Waals surface area contributed by atoms with Crippen molar-refractivity contribution in [3.63, 3.8) is 0 Å². The second kappa shape index (κ2) is 10.8. The Morgan fingerprint density at radius 1 is 1.03 bits per heavy atom. The number of rotatable bonds is 8. The molecule has 0 saturated heterocycles. The van der Waals surface area contributed by atoms with E-state index >= 15 is 0 Å². The van der Waals surface area contributed by atoms with E-state index in [4.69, 9.17) is 0 Å². The smallest absolute Gasteiger partial charge is 0.253 e. The quantitative estimate of drug-likeness (QED) is 0.518. The van der Waals surface area contributed by atoms with Gasteiger partial charge in [-0.2, -0.15) is 0 Å². The fraction of sp³-hybridized carbons (Fsp3) is 0.440. The molecule has 5 heteroatoms. The van der Waals surface area contributed by atoms with Gasteiger partial charge in [0, 0.05) is 45.2 Å². The molecular weight excluding hydrogens is 372 g/mol. The normalized spacial score (nSPS) is 11.9. The Morgan fingerprint density at radius 3 is 2.33 bits per heavy atom. The Hall–Kier alpha value is -2.82. The highest BCUT2D eigenvalue weighted by Gasteiger charge is 2.20. The van der Waals surface area contributed by atoms with E-state index in [1.165, 1.54) is 11.1 Å². The van der Waals surface area contributed by atoms with Crippen LogP contribution in [0.15, 0.2) is 53.5 Å². The SMILES string of the molecule is CCc1ccc(C(C)(C)CNC(=NC)NCCc2cccc(C(=O)N(C)C)c2)cc1. The van der Waals surface area contributed by atoms with E-state index in [-0.39, 0.29) is 11.3 Å². The van der Waals surface area contributed by atoms with Crippen LogP contribution in [0.2, 0.25) is 0 Å². The van der Waals surface area contributed by atoms with Crippen LogP contribution in [0.4, 0.5) is 0 Å². The summed E-state index contributed by atoms with van der Waals surface area (Å²) in [6.07, 6.45) is 1.87. The molecule has 0 aliphatic heterocycles. The average Bonchev–Trinajstić information content (AvgIpc) is 2.75. The Labute approximate surface area is 181 Å².